The number of hydrogen-bond acceptors (Lipinski definition) is 3. The molecule has 1 aliphatic carbocycles. The van der Waals surface area contributed by atoms with Gasteiger partial charge in [-0.05, 0) is 43.5 Å². The zero-order valence-corrected chi connectivity index (χ0v) is 11.0. The number of hydrogen-bond donors (Lipinski definition) is 1. The average Bonchev–Trinajstić information content (AvgIpc) is 3.08. The van der Waals surface area contributed by atoms with Gasteiger partial charge in [-0.2, -0.15) is 0 Å². The predicted octanol–water partition coefficient (Wildman–Crippen LogP) is 3.56. The Hall–Kier alpha value is -1.32. The number of aromatic nitrogens is 1. The van der Waals surface area contributed by atoms with Gasteiger partial charge in [-0.25, -0.2) is 4.98 Å². The molecule has 0 bridgehead atoms. The summed E-state index contributed by atoms with van der Waals surface area (Å²) in [7, 11) is 0. The van der Waals surface area contributed by atoms with Gasteiger partial charge in [0.15, 0.2) is 12.2 Å². The summed E-state index contributed by atoms with van der Waals surface area (Å²) in [5, 5.41) is 4.22. The molecule has 94 valence electrons. The van der Waals surface area contributed by atoms with E-state index in [2.05, 4.69) is 10.3 Å². The van der Waals surface area contributed by atoms with Crippen LogP contribution in [-0.2, 0) is 6.54 Å². The molecule has 1 aromatic carbocycles. The molecule has 2 aromatic rings. The average molecular weight is 263 g/mol. The van der Waals surface area contributed by atoms with Crippen LogP contribution in [0.15, 0.2) is 29.0 Å². The van der Waals surface area contributed by atoms with Crippen LogP contribution in [0.1, 0.15) is 24.1 Å². The first-order valence-corrected chi connectivity index (χ1v) is 6.54. The lowest BCUT2D eigenvalue weighted by Gasteiger charge is -2.04. The summed E-state index contributed by atoms with van der Waals surface area (Å²) < 4.78 is 5.50. The largest absolute Gasteiger partial charge is 0.443 e. The zero-order valence-electron chi connectivity index (χ0n) is 10.2. The Balaban J connectivity index is 1.85. The molecule has 0 aliphatic heterocycles. The Labute approximate surface area is 111 Å². The first-order chi connectivity index (χ1) is 8.74. The molecule has 0 spiro atoms. The standard InChI is InChI=1S/C14H15ClN2O/c1-9-6-10(2-5-12(9)15)14-13(17-8-18-14)7-16-11-3-4-11/h2,5-6,8,11,16H,3-4,7H2,1H3. The predicted molar refractivity (Wildman–Crippen MR) is 71.5 cm³/mol. The third kappa shape index (κ3) is 2.42. The Morgan fingerprint density at radius 1 is 1.44 bits per heavy atom. The zero-order chi connectivity index (χ0) is 12.5. The maximum absolute atomic E-state index is 6.03. The normalized spacial score (nSPS) is 15.0. The van der Waals surface area contributed by atoms with Crippen LogP contribution in [0.25, 0.3) is 11.3 Å². The van der Waals surface area contributed by atoms with Gasteiger partial charge in [-0.3, -0.25) is 0 Å². The Morgan fingerprint density at radius 3 is 3.00 bits per heavy atom. The Kier molecular flexibility index (Phi) is 3.10. The lowest BCUT2D eigenvalue weighted by atomic mass is 10.1. The molecule has 0 atom stereocenters. The molecule has 1 saturated carbocycles. The minimum atomic E-state index is 0.668. The van der Waals surface area contributed by atoms with Gasteiger partial charge in [0.1, 0.15) is 5.69 Å². The second-order valence-electron chi connectivity index (χ2n) is 4.75. The number of rotatable bonds is 4. The highest BCUT2D eigenvalue weighted by molar-refractivity contribution is 6.31. The number of benzene rings is 1. The Morgan fingerprint density at radius 2 is 2.28 bits per heavy atom. The lowest BCUT2D eigenvalue weighted by Crippen LogP contribution is -2.15. The number of oxazole rings is 1. The van der Waals surface area contributed by atoms with Crippen LogP contribution in [0.2, 0.25) is 5.02 Å². The van der Waals surface area contributed by atoms with Crippen molar-refractivity contribution in [3.05, 3.63) is 40.9 Å². The van der Waals surface area contributed by atoms with E-state index in [4.69, 9.17) is 16.0 Å². The number of aryl methyl sites for hydroxylation is 1. The summed E-state index contributed by atoms with van der Waals surface area (Å²) in [5.74, 6) is 0.836. The second-order valence-corrected chi connectivity index (χ2v) is 5.15. The molecule has 0 radical (unpaired) electrons. The summed E-state index contributed by atoms with van der Waals surface area (Å²) in [5.41, 5.74) is 3.04. The molecule has 3 nitrogen and oxygen atoms in total. The fourth-order valence-corrected chi connectivity index (χ4v) is 2.06. The van der Waals surface area contributed by atoms with E-state index in [1.807, 2.05) is 25.1 Å². The van der Waals surface area contributed by atoms with Crippen molar-refractivity contribution in [1.29, 1.82) is 0 Å². The Bertz CT molecular complexity index is 561. The molecular weight excluding hydrogens is 248 g/mol. The molecule has 1 N–H and O–H groups in total. The fourth-order valence-electron chi connectivity index (χ4n) is 1.94. The molecule has 0 unspecified atom stereocenters. The molecule has 0 saturated heterocycles. The van der Waals surface area contributed by atoms with Crippen molar-refractivity contribution in [2.24, 2.45) is 0 Å². The van der Waals surface area contributed by atoms with E-state index in [0.29, 0.717) is 6.04 Å². The van der Waals surface area contributed by atoms with Crippen LogP contribution < -0.4 is 5.32 Å². The van der Waals surface area contributed by atoms with Gasteiger partial charge in [0, 0.05) is 23.2 Å². The first-order valence-electron chi connectivity index (χ1n) is 6.16. The first kappa shape index (κ1) is 11.8. The van der Waals surface area contributed by atoms with Crippen molar-refractivity contribution in [3.63, 3.8) is 0 Å². The van der Waals surface area contributed by atoms with E-state index in [1.54, 1.807) is 0 Å². The van der Waals surface area contributed by atoms with E-state index < -0.39 is 0 Å². The molecule has 0 amide bonds. The van der Waals surface area contributed by atoms with Crippen molar-refractivity contribution in [1.82, 2.24) is 10.3 Å². The maximum atomic E-state index is 6.03. The van der Waals surface area contributed by atoms with Gasteiger partial charge in [-0.15, -0.1) is 0 Å². The van der Waals surface area contributed by atoms with E-state index in [0.717, 1.165) is 34.1 Å². The van der Waals surface area contributed by atoms with Crippen LogP contribution >= 0.6 is 11.6 Å². The highest BCUT2D eigenvalue weighted by Crippen LogP contribution is 2.28. The van der Waals surface area contributed by atoms with Crippen molar-refractivity contribution in [2.45, 2.75) is 32.4 Å². The summed E-state index contributed by atoms with van der Waals surface area (Å²) in [6, 6.07) is 6.56. The molecule has 3 rings (SSSR count). The number of halogens is 1. The SMILES string of the molecule is Cc1cc(-c2ocnc2CNC2CC2)ccc1Cl. The van der Waals surface area contributed by atoms with Gasteiger partial charge >= 0.3 is 0 Å². The van der Waals surface area contributed by atoms with E-state index in [1.165, 1.54) is 19.2 Å². The second kappa shape index (κ2) is 4.75. The summed E-state index contributed by atoms with van der Waals surface area (Å²) in [6.45, 7) is 2.75. The highest BCUT2D eigenvalue weighted by Gasteiger charge is 2.21. The molecular formula is C14H15ClN2O. The number of nitrogens with one attached hydrogen (secondary N) is 1. The van der Waals surface area contributed by atoms with E-state index in [9.17, 15) is 0 Å². The molecule has 4 heteroatoms. The van der Waals surface area contributed by atoms with E-state index >= 15 is 0 Å². The molecule has 1 fully saturated rings. The third-order valence-corrected chi connectivity index (χ3v) is 3.62. The summed E-state index contributed by atoms with van der Waals surface area (Å²) in [4.78, 5) is 4.28. The van der Waals surface area contributed by atoms with Gasteiger partial charge in [0.25, 0.3) is 0 Å². The summed E-state index contributed by atoms with van der Waals surface area (Å²) in [6.07, 6.45) is 4.05. The minimum absolute atomic E-state index is 0.668. The summed E-state index contributed by atoms with van der Waals surface area (Å²) >= 11 is 6.03. The smallest absolute Gasteiger partial charge is 0.181 e. The van der Waals surface area contributed by atoms with Gasteiger partial charge in [0.2, 0.25) is 0 Å². The highest BCUT2D eigenvalue weighted by atomic mass is 35.5. The van der Waals surface area contributed by atoms with Crippen molar-refractivity contribution >= 4 is 11.6 Å². The lowest BCUT2D eigenvalue weighted by molar-refractivity contribution is 0.569. The van der Waals surface area contributed by atoms with Gasteiger partial charge in [0.05, 0.1) is 0 Å². The van der Waals surface area contributed by atoms with E-state index in [-0.39, 0.29) is 0 Å². The van der Waals surface area contributed by atoms with Crippen molar-refractivity contribution in [3.8, 4) is 11.3 Å². The topological polar surface area (TPSA) is 38.1 Å². The van der Waals surface area contributed by atoms with Gasteiger partial charge < -0.3 is 9.73 Å². The fraction of sp³-hybridized carbons (Fsp3) is 0.357. The van der Waals surface area contributed by atoms with Crippen LogP contribution in [0, 0.1) is 6.92 Å². The minimum Gasteiger partial charge on any atom is -0.443 e. The molecule has 1 heterocycles. The van der Waals surface area contributed by atoms with Crippen LogP contribution in [0.5, 0.6) is 0 Å². The third-order valence-electron chi connectivity index (χ3n) is 3.20. The molecule has 1 aromatic heterocycles. The van der Waals surface area contributed by atoms with Crippen molar-refractivity contribution in [2.75, 3.05) is 0 Å². The van der Waals surface area contributed by atoms with Gasteiger partial charge in [-0.1, -0.05) is 11.6 Å². The maximum Gasteiger partial charge on any atom is 0.181 e. The van der Waals surface area contributed by atoms with Crippen LogP contribution in [0.3, 0.4) is 0 Å². The molecule has 18 heavy (non-hydrogen) atoms. The molecule has 1 aliphatic rings. The number of nitrogens with zero attached hydrogens (tertiary/aromatic N) is 1. The quantitative estimate of drug-likeness (QED) is 0.916. The van der Waals surface area contributed by atoms with Crippen LogP contribution in [-0.4, -0.2) is 11.0 Å². The van der Waals surface area contributed by atoms with Crippen molar-refractivity contribution < 1.29 is 4.42 Å². The van der Waals surface area contributed by atoms with Crippen LogP contribution in [0.4, 0.5) is 0 Å². The monoisotopic (exact) mass is 262 g/mol.